The molecule has 0 aromatic heterocycles. The van der Waals surface area contributed by atoms with E-state index in [1.807, 2.05) is 0 Å². The summed E-state index contributed by atoms with van der Waals surface area (Å²) >= 11 is 0. The van der Waals surface area contributed by atoms with Gasteiger partial charge in [-0.25, -0.2) is 0 Å². The monoisotopic (exact) mass is 529 g/mol. The van der Waals surface area contributed by atoms with Crippen LogP contribution in [0.2, 0.25) is 0 Å². The number of hydrogen-bond acceptors (Lipinski definition) is 9. The van der Waals surface area contributed by atoms with Crippen LogP contribution in [0.3, 0.4) is 0 Å². The lowest BCUT2D eigenvalue weighted by Crippen LogP contribution is -2.29. The maximum Gasteiger partial charge on any atom is 0.351 e. The van der Waals surface area contributed by atoms with Gasteiger partial charge in [-0.15, -0.1) is 0 Å². The summed E-state index contributed by atoms with van der Waals surface area (Å²) in [6, 6.07) is 14.0. The van der Waals surface area contributed by atoms with Crippen molar-refractivity contribution < 1.29 is 36.7 Å². The summed E-state index contributed by atoms with van der Waals surface area (Å²) in [6.45, 7) is 7.60. The first-order valence-corrected chi connectivity index (χ1v) is 14.8. The van der Waals surface area contributed by atoms with Crippen LogP contribution in [0.15, 0.2) is 48.5 Å². The van der Waals surface area contributed by atoms with E-state index >= 15 is 0 Å². The van der Waals surface area contributed by atoms with Crippen molar-refractivity contribution >= 4 is 15.2 Å². The van der Waals surface area contributed by atoms with Gasteiger partial charge in [-0.2, -0.15) is 0 Å². The summed E-state index contributed by atoms with van der Waals surface area (Å²) in [5.74, 6) is -0.684. The minimum absolute atomic E-state index is 0.160. The van der Waals surface area contributed by atoms with Crippen LogP contribution in [0.5, 0.6) is 11.5 Å². The Balaban J connectivity index is 2.67. The molecule has 0 saturated carbocycles. The number of benzene rings is 2. The fraction of sp³-hybridized carbons (Fsp3) is 0.500. The van der Waals surface area contributed by atoms with E-state index in [9.17, 15) is 9.13 Å². The molecule has 0 bridgehead atoms. The zero-order valence-electron chi connectivity index (χ0n) is 21.3. The smallest absolute Gasteiger partial charge is 0.351 e. The Labute approximate surface area is 208 Å². The van der Waals surface area contributed by atoms with E-state index in [0.29, 0.717) is 22.6 Å². The zero-order chi connectivity index (χ0) is 25.9. The summed E-state index contributed by atoms with van der Waals surface area (Å²) in [6.07, 6.45) is 0. The minimum Gasteiger partial charge on any atom is -0.497 e. The van der Waals surface area contributed by atoms with E-state index in [2.05, 4.69) is 5.32 Å². The second-order valence-electron chi connectivity index (χ2n) is 7.27. The lowest BCUT2D eigenvalue weighted by atomic mass is 10.2. The van der Waals surface area contributed by atoms with E-state index in [1.54, 1.807) is 90.4 Å². The van der Waals surface area contributed by atoms with Gasteiger partial charge in [-0.1, -0.05) is 24.3 Å². The van der Waals surface area contributed by atoms with Crippen LogP contribution < -0.4 is 14.8 Å². The quantitative estimate of drug-likeness (QED) is 0.243. The maximum atomic E-state index is 14.0. The van der Waals surface area contributed by atoms with Crippen LogP contribution in [0.1, 0.15) is 50.4 Å². The average molecular weight is 530 g/mol. The Morgan fingerprint density at radius 1 is 0.600 bits per heavy atom. The van der Waals surface area contributed by atoms with Crippen LogP contribution in [0.4, 0.5) is 0 Å². The molecule has 0 aliphatic heterocycles. The van der Waals surface area contributed by atoms with Gasteiger partial charge in [0.05, 0.1) is 40.6 Å². The van der Waals surface area contributed by atoms with Crippen LogP contribution in [0.25, 0.3) is 0 Å². The molecular weight excluding hydrogens is 492 g/mol. The Morgan fingerprint density at radius 2 is 0.886 bits per heavy atom. The molecule has 9 nitrogen and oxygen atoms in total. The Bertz CT molecular complexity index is 885. The van der Waals surface area contributed by atoms with Crippen LogP contribution in [-0.4, -0.2) is 40.6 Å². The summed E-state index contributed by atoms with van der Waals surface area (Å²) in [4.78, 5) is 0. The molecule has 0 heterocycles. The van der Waals surface area contributed by atoms with Crippen molar-refractivity contribution in [2.24, 2.45) is 0 Å². The van der Waals surface area contributed by atoms with Gasteiger partial charge < -0.3 is 27.6 Å². The molecule has 0 amide bonds. The molecule has 2 atom stereocenters. The summed E-state index contributed by atoms with van der Waals surface area (Å²) < 4.78 is 61.4. The van der Waals surface area contributed by atoms with E-state index in [0.717, 1.165) is 0 Å². The van der Waals surface area contributed by atoms with Gasteiger partial charge in [0, 0.05) is 0 Å². The highest BCUT2D eigenvalue weighted by Crippen LogP contribution is 2.65. The molecule has 35 heavy (non-hydrogen) atoms. The lowest BCUT2D eigenvalue weighted by Gasteiger charge is -2.34. The van der Waals surface area contributed by atoms with Gasteiger partial charge in [-0.3, -0.25) is 14.4 Å². The highest BCUT2D eigenvalue weighted by molar-refractivity contribution is 7.55. The third-order valence-electron chi connectivity index (χ3n) is 5.05. The summed E-state index contributed by atoms with van der Waals surface area (Å²) in [7, 11) is -4.43. The number of hydrogen-bond donors (Lipinski definition) is 1. The van der Waals surface area contributed by atoms with Gasteiger partial charge >= 0.3 is 15.2 Å². The molecule has 2 unspecified atom stereocenters. The zero-order valence-corrected chi connectivity index (χ0v) is 23.1. The van der Waals surface area contributed by atoms with Crippen molar-refractivity contribution in [3.8, 4) is 11.5 Å². The van der Waals surface area contributed by atoms with E-state index < -0.39 is 26.8 Å². The second kappa shape index (κ2) is 14.1. The van der Waals surface area contributed by atoms with Crippen molar-refractivity contribution in [2.45, 2.75) is 39.3 Å². The molecule has 0 saturated heterocycles. The van der Waals surface area contributed by atoms with Gasteiger partial charge in [0.15, 0.2) is 0 Å². The molecule has 0 aliphatic rings. The molecule has 1 N–H and O–H groups in total. The predicted octanol–water partition coefficient (Wildman–Crippen LogP) is 6.52. The van der Waals surface area contributed by atoms with E-state index in [-0.39, 0.29) is 26.4 Å². The molecule has 2 aromatic rings. The summed E-state index contributed by atoms with van der Waals surface area (Å²) in [5, 5.41) is 3.27. The average Bonchev–Trinajstić information content (AvgIpc) is 2.85. The molecule has 11 heteroatoms. The number of nitrogens with one attached hydrogen (secondary N) is 1. The molecule has 0 fully saturated rings. The van der Waals surface area contributed by atoms with Crippen molar-refractivity contribution in [1.29, 1.82) is 0 Å². The van der Waals surface area contributed by atoms with Crippen LogP contribution in [0, 0.1) is 0 Å². The Kier molecular flexibility index (Phi) is 11.9. The fourth-order valence-corrected chi connectivity index (χ4v) is 7.59. The fourth-order valence-electron chi connectivity index (χ4n) is 3.55. The number of rotatable bonds is 16. The molecule has 0 radical (unpaired) electrons. The Morgan fingerprint density at radius 3 is 1.11 bits per heavy atom. The predicted molar refractivity (Wildman–Crippen MR) is 136 cm³/mol. The van der Waals surface area contributed by atoms with Crippen molar-refractivity contribution in [2.75, 3.05) is 40.6 Å². The van der Waals surface area contributed by atoms with Gasteiger partial charge in [0.25, 0.3) is 0 Å². The SMILES string of the molecule is CCOP(=O)(OCC)C(NC(c1ccc(OC)cc1)P(=O)(OCC)OCC)c1ccc(OC)cc1. The first kappa shape index (κ1) is 29.5. The molecular formula is C24H37NO8P2. The van der Waals surface area contributed by atoms with Crippen molar-refractivity contribution in [1.82, 2.24) is 5.32 Å². The standard InChI is InChI=1S/C24H37NO8P2/c1-7-30-34(26,31-8-2)23(19-11-15-21(28-5)16-12-19)25-24(35(27,32-9-3)33-10-4)20-13-17-22(29-6)18-14-20/h11-18,23-25H,7-10H2,1-6H3. The van der Waals surface area contributed by atoms with Gasteiger partial charge in [0.2, 0.25) is 0 Å². The largest absolute Gasteiger partial charge is 0.497 e. The highest BCUT2D eigenvalue weighted by Gasteiger charge is 2.44. The third-order valence-corrected chi connectivity index (χ3v) is 9.68. The van der Waals surface area contributed by atoms with Gasteiger partial charge in [-0.05, 0) is 63.1 Å². The molecule has 2 rings (SSSR count). The third kappa shape index (κ3) is 7.64. The first-order valence-electron chi connectivity index (χ1n) is 11.6. The second-order valence-corrected chi connectivity index (χ2v) is 11.5. The van der Waals surface area contributed by atoms with Crippen molar-refractivity contribution in [3.05, 3.63) is 59.7 Å². The maximum absolute atomic E-state index is 14.0. The first-order chi connectivity index (χ1) is 16.8. The van der Waals surface area contributed by atoms with Gasteiger partial charge in [0.1, 0.15) is 23.1 Å². The summed E-state index contributed by atoms with van der Waals surface area (Å²) in [5.41, 5.74) is 1.21. The number of methoxy groups -OCH3 is 2. The topological polar surface area (TPSA) is 102 Å². The van der Waals surface area contributed by atoms with Crippen molar-refractivity contribution in [3.63, 3.8) is 0 Å². The lowest BCUT2D eigenvalue weighted by molar-refractivity contribution is 0.195. The molecule has 0 aliphatic carbocycles. The molecule has 0 spiro atoms. The Hall–Kier alpha value is -1.70. The highest BCUT2D eigenvalue weighted by atomic mass is 31.2. The van der Waals surface area contributed by atoms with E-state index in [1.165, 1.54) is 0 Å². The van der Waals surface area contributed by atoms with E-state index in [4.69, 9.17) is 27.6 Å². The number of ether oxygens (including phenoxy) is 2. The normalized spacial score (nSPS) is 13.9. The molecule has 196 valence electrons. The van der Waals surface area contributed by atoms with Crippen LogP contribution >= 0.6 is 15.2 Å². The van der Waals surface area contributed by atoms with Crippen LogP contribution in [-0.2, 0) is 27.2 Å². The molecule has 2 aromatic carbocycles. The minimum atomic E-state index is -3.78.